The van der Waals surface area contributed by atoms with Gasteiger partial charge in [-0.25, -0.2) is 0 Å². The summed E-state index contributed by atoms with van der Waals surface area (Å²) in [6.07, 6.45) is -1.34. The average molecular weight is 417 g/mol. The third kappa shape index (κ3) is 4.85. The summed E-state index contributed by atoms with van der Waals surface area (Å²) in [6.45, 7) is 5.62. The van der Waals surface area contributed by atoms with Gasteiger partial charge < -0.3 is 23.7 Å². The summed E-state index contributed by atoms with van der Waals surface area (Å²) in [6, 6.07) is 20.2. The van der Waals surface area contributed by atoms with Gasteiger partial charge in [0.15, 0.2) is 6.29 Å². The van der Waals surface area contributed by atoms with Crippen LogP contribution in [0.2, 0.25) is 0 Å². The number of benzene rings is 2. The molecule has 156 valence electrons. The van der Waals surface area contributed by atoms with Crippen LogP contribution < -0.4 is 0 Å². The standard InChI is InChI=1S/C23H28O5S/c1-3-24-20-19-18(15-26-22(28-19)16-11-7-5-8-12-16)27-23(21(20)25-4-2)29-17-13-9-6-10-14-17/h5-14,18-23H,3-4,15H2,1-2H3/t18-,19-,20+,21-,22-,23+/m1/s1. The van der Waals surface area contributed by atoms with Crippen molar-refractivity contribution in [1.29, 1.82) is 0 Å². The number of hydrogen-bond donors (Lipinski definition) is 0. The molecular weight excluding hydrogens is 388 g/mol. The lowest BCUT2D eigenvalue weighted by molar-refractivity contribution is -0.326. The van der Waals surface area contributed by atoms with Crippen molar-refractivity contribution in [3.8, 4) is 0 Å². The molecule has 2 aromatic carbocycles. The molecule has 0 bridgehead atoms. The molecule has 0 aliphatic carbocycles. The minimum atomic E-state index is -0.426. The molecule has 2 aromatic rings. The van der Waals surface area contributed by atoms with Crippen LogP contribution in [0.15, 0.2) is 65.6 Å². The van der Waals surface area contributed by atoms with E-state index in [-0.39, 0.29) is 29.9 Å². The molecule has 2 aliphatic heterocycles. The zero-order valence-corrected chi connectivity index (χ0v) is 17.6. The predicted molar refractivity (Wildman–Crippen MR) is 112 cm³/mol. The van der Waals surface area contributed by atoms with Gasteiger partial charge in [-0.3, -0.25) is 0 Å². The number of hydrogen-bond acceptors (Lipinski definition) is 6. The molecular formula is C23H28O5S. The zero-order valence-electron chi connectivity index (χ0n) is 16.8. The van der Waals surface area contributed by atoms with Gasteiger partial charge in [-0.15, -0.1) is 0 Å². The maximum Gasteiger partial charge on any atom is 0.184 e. The van der Waals surface area contributed by atoms with E-state index in [2.05, 4.69) is 12.1 Å². The molecule has 6 atom stereocenters. The highest BCUT2D eigenvalue weighted by atomic mass is 32.2. The van der Waals surface area contributed by atoms with Crippen molar-refractivity contribution < 1.29 is 23.7 Å². The van der Waals surface area contributed by atoms with Crippen molar-refractivity contribution in [2.75, 3.05) is 19.8 Å². The summed E-state index contributed by atoms with van der Waals surface area (Å²) >= 11 is 1.66. The SMILES string of the molecule is CCO[C@@H]1[C@@H](OCC)[C@H](Sc2ccccc2)O[C@@H]2CO[C@@H](c3ccccc3)O[C@@H]12. The Kier molecular flexibility index (Phi) is 7.24. The van der Waals surface area contributed by atoms with Gasteiger partial charge in [0.25, 0.3) is 0 Å². The zero-order chi connectivity index (χ0) is 20.1. The van der Waals surface area contributed by atoms with Crippen molar-refractivity contribution >= 4 is 11.8 Å². The van der Waals surface area contributed by atoms with E-state index in [9.17, 15) is 0 Å². The van der Waals surface area contributed by atoms with E-state index in [1.54, 1.807) is 11.8 Å². The van der Waals surface area contributed by atoms with E-state index >= 15 is 0 Å². The van der Waals surface area contributed by atoms with Gasteiger partial charge in [-0.05, 0) is 26.0 Å². The Hall–Kier alpha value is -1.41. The fraction of sp³-hybridized carbons (Fsp3) is 0.478. The van der Waals surface area contributed by atoms with Crippen molar-refractivity contribution in [2.45, 2.75) is 54.9 Å². The molecule has 0 amide bonds. The first-order valence-electron chi connectivity index (χ1n) is 10.2. The predicted octanol–water partition coefficient (Wildman–Crippen LogP) is 4.43. The summed E-state index contributed by atoms with van der Waals surface area (Å²) in [5, 5.41) is 0. The number of thioether (sulfide) groups is 1. The highest BCUT2D eigenvalue weighted by molar-refractivity contribution is 7.99. The van der Waals surface area contributed by atoms with E-state index in [0.29, 0.717) is 19.8 Å². The molecule has 5 nitrogen and oxygen atoms in total. The molecule has 0 spiro atoms. The molecule has 2 aliphatic rings. The first kappa shape index (κ1) is 20.8. The Morgan fingerprint density at radius 1 is 0.862 bits per heavy atom. The van der Waals surface area contributed by atoms with Gasteiger partial charge in [-0.1, -0.05) is 60.3 Å². The van der Waals surface area contributed by atoms with Crippen LogP contribution in [0.5, 0.6) is 0 Å². The van der Waals surface area contributed by atoms with Gasteiger partial charge in [0.05, 0.1) is 6.61 Å². The molecule has 0 N–H and O–H groups in total. The lowest BCUT2D eigenvalue weighted by atomic mass is 9.98. The van der Waals surface area contributed by atoms with Crippen LogP contribution in [0.3, 0.4) is 0 Å². The average Bonchev–Trinajstić information content (AvgIpc) is 2.77. The first-order chi connectivity index (χ1) is 14.3. The second-order valence-electron chi connectivity index (χ2n) is 6.99. The van der Waals surface area contributed by atoms with Crippen molar-refractivity contribution in [1.82, 2.24) is 0 Å². The molecule has 6 heteroatoms. The van der Waals surface area contributed by atoms with Crippen LogP contribution in [0.25, 0.3) is 0 Å². The fourth-order valence-corrected chi connectivity index (χ4v) is 4.95. The van der Waals surface area contributed by atoms with Gasteiger partial charge in [0, 0.05) is 23.7 Å². The molecule has 4 rings (SSSR count). The number of rotatable bonds is 7. The van der Waals surface area contributed by atoms with Crippen LogP contribution in [0, 0.1) is 0 Å². The van der Waals surface area contributed by atoms with Gasteiger partial charge in [0.2, 0.25) is 0 Å². The topological polar surface area (TPSA) is 46.2 Å². The Morgan fingerprint density at radius 3 is 2.21 bits per heavy atom. The maximum absolute atomic E-state index is 6.43. The third-order valence-corrected chi connectivity index (χ3v) is 6.23. The van der Waals surface area contributed by atoms with Crippen LogP contribution in [-0.4, -0.2) is 49.7 Å². The number of fused-ring (bicyclic) bond motifs is 1. The summed E-state index contributed by atoms with van der Waals surface area (Å²) < 4.78 is 31.1. The van der Waals surface area contributed by atoms with Crippen LogP contribution in [-0.2, 0) is 23.7 Å². The van der Waals surface area contributed by atoms with E-state index in [4.69, 9.17) is 23.7 Å². The molecule has 2 fully saturated rings. The third-order valence-electron chi connectivity index (χ3n) is 5.07. The quantitative estimate of drug-likeness (QED) is 0.666. The summed E-state index contributed by atoms with van der Waals surface area (Å²) in [4.78, 5) is 1.13. The molecule has 0 unspecified atom stereocenters. The lowest BCUT2D eigenvalue weighted by Crippen LogP contribution is -2.62. The van der Waals surface area contributed by atoms with Gasteiger partial charge in [0.1, 0.15) is 29.9 Å². The highest BCUT2D eigenvalue weighted by Gasteiger charge is 2.51. The Bertz CT molecular complexity index is 741. The highest BCUT2D eigenvalue weighted by Crippen LogP contribution is 2.40. The summed E-state index contributed by atoms with van der Waals surface area (Å²) in [5.74, 6) is 0. The van der Waals surface area contributed by atoms with Crippen molar-refractivity contribution in [3.05, 3.63) is 66.2 Å². The van der Waals surface area contributed by atoms with Crippen LogP contribution in [0.4, 0.5) is 0 Å². The Balaban J connectivity index is 1.56. The Labute approximate surface area is 176 Å². The minimum absolute atomic E-state index is 0.198. The maximum atomic E-state index is 6.43. The van der Waals surface area contributed by atoms with Gasteiger partial charge >= 0.3 is 0 Å². The molecule has 0 radical (unpaired) electrons. The van der Waals surface area contributed by atoms with Crippen molar-refractivity contribution in [2.24, 2.45) is 0 Å². The fourth-order valence-electron chi connectivity index (χ4n) is 3.80. The smallest absolute Gasteiger partial charge is 0.184 e. The van der Waals surface area contributed by atoms with E-state index in [1.165, 1.54) is 0 Å². The second-order valence-corrected chi connectivity index (χ2v) is 8.16. The van der Waals surface area contributed by atoms with Crippen molar-refractivity contribution in [3.63, 3.8) is 0 Å². The summed E-state index contributed by atoms with van der Waals surface area (Å²) in [5.41, 5.74) is 0.797. The monoisotopic (exact) mass is 416 g/mol. The first-order valence-corrected chi connectivity index (χ1v) is 11.1. The molecule has 29 heavy (non-hydrogen) atoms. The molecule has 0 saturated carbocycles. The number of ether oxygens (including phenoxy) is 5. The summed E-state index contributed by atoms with van der Waals surface area (Å²) in [7, 11) is 0. The van der Waals surface area contributed by atoms with Crippen LogP contribution in [0.1, 0.15) is 25.7 Å². The normalized spacial score (nSPS) is 31.9. The Morgan fingerprint density at radius 2 is 1.52 bits per heavy atom. The second kappa shape index (κ2) is 10.1. The van der Waals surface area contributed by atoms with E-state index < -0.39 is 6.29 Å². The minimum Gasteiger partial charge on any atom is -0.373 e. The lowest BCUT2D eigenvalue weighted by Gasteiger charge is -2.49. The van der Waals surface area contributed by atoms with Gasteiger partial charge in [-0.2, -0.15) is 0 Å². The van der Waals surface area contributed by atoms with E-state index in [1.807, 2.05) is 62.4 Å². The largest absolute Gasteiger partial charge is 0.373 e. The molecule has 2 heterocycles. The molecule has 0 aromatic heterocycles. The molecule has 2 saturated heterocycles. The van der Waals surface area contributed by atoms with E-state index in [0.717, 1.165) is 10.5 Å². The van der Waals surface area contributed by atoms with Crippen LogP contribution >= 0.6 is 11.8 Å².